The molecule has 27 heavy (non-hydrogen) atoms. The van der Waals surface area contributed by atoms with Crippen molar-refractivity contribution in [2.24, 2.45) is 11.5 Å². The molecule has 3 heterocycles. The molecule has 0 spiro atoms. The first-order valence-electron chi connectivity index (χ1n) is 8.90. The first-order valence-corrected chi connectivity index (χ1v) is 9.78. The van der Waals surface area contributed by atoms with Crippen molar-refractivity contribution >= 4 is 44.9 Å². The topological polar surface area (TPSA) is 132 Å². The van der Waals surface area contributed by atoms with E-state index in [9.17, 15) is 4.79 Å². The standard InChI is InChI=1S/C18H21N7OS/c19-12-5-1-2-6-13(12)24-18-22-8-11(15(20)26)16(25-18)23-14-9-27-17-10(14)4-3-7-21-17/h3-4,7-9,12-13H,1-2,5-6,19H2,(H2,20,26)(H2,22,23,24,25)/t12-,13+/m0/s1. The Hall–Kier alpha value is -2.78. The minimum atomic E-state index is -0.587. The van der Waals surface area contributed by atoms with Gasteiger partial charge in [-0.3, -0.25) is 4.79 Å². The maximum absolute atomic E-state index is 11.8. The van der Waals surface area contributed by atoms with Gasteiger partial charge >= 0.3 is 0 Å². The molecule has 0 aromatic carbocycles. The maximum Gasteiger partial charge on any atom is 0.254 e. The van der Waals surface area contributed by atoms with Gasteiger partial charge in [0.25, 0.3) is 5.91 Å². The third-order valence-electron chi connectivity index (χ3n) is 4.79. The number of aromatic nitrogens is 3. The fraction of sp³-hybridized carbons (Fsp3) is 0.333. The fourth-order valence-electron chi connectivity index (χ4n) is 3.32. The summed E-state index contributed by atoms with van der Waals surface area (Å²) in [5, 5.41) is 9.42. The molecule has 1 amide bonds. The van der Waals surface area contributed by atoms with Crippen molar-refractivity contribution in [1.29, 1.82) is 0 Å². The highest BCUT2D eigenvalue weighted by molar-refractivity contribution is 7.17. The Morgan fingerprint density at radius 3 is 2.93 bits per heavy atom. The first kappa shape index (κ1) is 17.6. The number of carbonyl (C=O) groups excluding carboxylic acids is 1. The Morgan fingerprint density at radius 2 is 2.11 bits per heavy atom. The number of amides is 1. The lowest BCUT2D eigenvalue weighted by Gasteiger charge is -2.29. The zero-order valence-electron chi connectivity index (χ0n) is 14.7. The molecule has 1 fully saturated rings. The van der Waals surface area contributed by atoms with Crippen molar-refractivity contribution in [3.05, 3.63) is 35.5 Å². The largest absolute Gasteiger partial charge is 0.365 e. The van der Waals surface area contributed by atoms with Gasteiger partial charge in [-0.15, -0.1) is 11.3 Å². The number of carbonyl (C=O) groups is 1. The Morgan fingerprint density at radius 1 is 1.26 bits per heavy atom. The molecule has 6 N–H and O–H groups in total. The van der Waals surface area contributed by atoms with Crippen LogP contribution in [0, 0.1) is 0 Å². The molecule has 4 rings (SSSR count). The van der Waals surface area contributed by atoms with E-state index in [-0.39, 0.29) is 17.6 Å². The average Bonchev–Trinajstić information content (AvgIpc) is 3.07. The van der Waals surface area contributed by atoms with Crippen LogP contribution in [-0.4, -0.2) is 32.9 Å². The van der Waals surface area contributed by atoms with Crippen molar-refractivity contribution < 1.29 is 4.79 Å². The second-order valence-corrected chi connectivity index (χ2v) is 7.51. The van der Waals surface area contributed by atoms with Gasteiger partial charge in [-0.1, -0.05) is 12.8 Å². The Balaban J connectivity index is 1.64. The van der Waals surface area contributed by atoms with Gasteiger partial charge in [0.05, 0.1) is 5.69 Å². The smallest absolute Gasteiger partial charge is 0.254 e. The van der Waals surface area contributed by atoms with Crippen LogP contribution in [0.25, 0.3) is 10.2 Å². The number of rotatable bonds is 5. The molecule has 1 saturated carbocycles. The summed E-state index contributed by atoms with van der Waals surface area (Å²) >= 11 is 1.52. The predicted octanol–water partition coefficient (Wildman–Crippen LogP) is 2.61. The molecule has 0 unspecified atom stereocenters. The summed E-state index contributed by atoms with van der Waals surface area (Å²) in [6.45, 7) is 0. The van der Waals surface area contributed by atoms with Crippen LogP contribution in [0.1, 0.15) is 36.0 Å². The van der Waals surface area contributed by atoms with Gasteiger partial charge < -0.3 is 22.1 Å². The lowest BCUT2D eigenvalue weighted by Crippen LogP contribution is -2.43. The van der Waals surface area contributed by atoms with E-state index in [1.54, 1.807) is 6.20 Å². The zero-order valence-corrected chi connectivity index (χ0v) is 15.5. The third kappa shape index (κ3) is 3.69. The average molecular weight is 383 g/mol. The van der Waals surface area contributed by atoms with Gasteiger partial charge in [-0.25, -0.2) is 9.97 Å². The summed E-state index contributed by atoms with van der Waals surface area (Å²) in [7, 11) is 0. The van der Waals surface area contributed by atoms with Gasteiger partial charge in [0.1, 0.15) is 16.2 Å². The molecule has 1 aliphatic carbocycles. The molecule has 8 nitrogen and oxygen atoms in total. The van der Waals surface area contributed by atoms with Crippen LogP contribution in [0.15, 0.2) is 29.9 Å². The van der Waals surface area contributed by atoms with Crippen molar-refractivity contribution in [2.75, 3.05) is 10.6 Å². The number of nitrogens with one attached hydrogen (secondary N) is 2. The van der Waals surface area contributed by atoms with Gasteiger partial charge in [0, 0.05) is 35.2 Å². The molecule has 0 aliphatic heterocycles. The quantitative estimate of drug-likeness (QED) is 0.532. The third-order valence-corrected chi connectivity index (χ3v) is 5.69. The number of nitrogens with two attached hydrogens (primary N) is 2. The Labute approximate surface area is 160 Å². The van der Waals surface area contributed by atoms with Crippen LogP contribution in [-0.2, 0) is 0 Å². The van der Waals surface area contributed by atoms with E-state index >= 15 is 0 Å². The zero-order chi connectivity index (χ0) is 18.8. The lowest BCUT2D eigenvalue weighted by molar-refractivity contribution is 0.100. The van der Waals surface area contributed by atoms with Crippen molar-refractivity contribution in [1.82, 2.24) is 15.0 Å². The van der Waals surface area contributed by atoms with Gasteiger partial charge in [0.15, 0.2) is 0 Å². The Bertz CT molecular complexity index is 973. The molecule has 1 aliphatic rings. The van der Waals surface area contributed by atoms with Crippen molar-refractivity contribution in [3.8, 4) is 0 Å². The van der Waals surface area contributed by atoms with E-state index in [4.69, 9.17) is 11.5 Å². The number of fused-ring (bicyclic) bond motifs is 1. The van der Waals surface area contributed by atoms with Crippen LogP contribution >= 0.6 is 11.3 Å². The van der Waals surface area contributed by atoms with Crippen LogP contribution in [0.4, 0.5) is 17.5 Å². The van der Waals surface area contributed by atoms with Crippen molar-refractivity contribution in [3.63, 3.8) is 0 Å². The SMILES string of the molecule is NC(=O)c1cnc(N[C@@H]2CCCC[C@@H]2N)nc1Nc1csc2ncccc12. The van der Waals surface area contributed by atoms with E-state index in [0.29, 0.717) is 11.8 Å². The maximum atomic E-state index is 11.8. The molecule has 140 valence electrons. The number of nitrogens with zero attached hydrogens (tertiary/aromatic N) is 3. The van der Waals surface area contributed by atoms with Gasteiger partial charge in [-0.2, -0.15) is 4.98 Å². The molecule has 0 radical (unpaired) electrons. The number of primary amides is 1. The van der Waals surface area contributed by atoms with Crippen molar-refractivity contribution in [2.45, 2.75) is 37.8 Å². The van der Waals surface area contributed by atoms with Gasteiger partial charge in [-0.05, 0) is 25.0 Å². The van der Waals surface area contributed by atoms with E-state index < -0.39 is 5.91 Å². The fourth-order valence-corrected chi connectivity index (χ4v) is 4.17. The van der Waals surface area contributed by atoms with E-state index in [0.717, 1.165) is 41.6 Å². The number of anilines is 3. The second kappa shape index (κ2) is 7.45. The van der Waals surface area contributed by atoms with Crippen LogP contribution in [0.3, 0.4) is 0 Å². The monoisotopic (exact) mass is 383 g/mol. The van der Waals surface area contributed by atoms with E-state index in [2.05, 4.69) is 25.6 Å². The molecular weight excluding hydrogens is 362 g/mol. The van der Waals surface area contributed by atoms with Crippen LogP contribution in [0.2, 0.25) is 0 Å². The second-order valence-electron chi connectivity index (χ2n) is 6.65. The summed E-state index contributed by atoms with van der Waals surface area (Å²) in [6.07, 6.45) is 7.43. The van der Waals surface area contributed by atoms with Crippen LogP contribution in [0.5, 0.6) is 0 Å². The number of hydrogen-bond donors (Lipinski definition) is 4. The predicted molar refractivity (Wildman–Crippen MR) is 107 cm³/mol. The summed E-state index contributed by atoms with van der Waals surface area (Å²) in [4.78, 5) is 25.8. The molecule has 3 aromatic rings. The summed E-state index contributed by atoms with van der Waals surface area (Å²) in [6, 6.07) is 4.03. The molecular formula is C18H21N7OS. The molecule has 3 aromatic heterocycles. The van der Waals surface area contributed by atoms with Gasteiger partial charge in [0.2, 0.25) is 5.95 Å². The number of thiophene rings is 1. The van der Waals surface area contributed by atoms with E-state index in [1.165, 1.54) is 17.5 Å². The lowest BCUT2D eigenvalue weighted by atomic mass is 9.91. The summed E-state index contributed by atoms with van der Waals surface area (Å²) < 4.78 is 0. The Kier molecular flexibility index (Phi) is 4.87. The minimum Gasteiger partial charge on any atom is -0.365 e. The highest BCUT2D eigenvalue weighted by Crippen LogP contribution is 2.31. The first-order chi connectivity index (χ1) is 13.1. The minimum absolute atomic E-state index is 0.0708. The molecule has 0 bridgehead atoms. The molecule has 2 atom stereocenters. The van der Waals surface area contributed by atoms with E-state index in [1.807, 2.05) is 17.5 Å². The number of hydrogen-bond acceptors (Lipinski definition) is 8. The number of pyridine rings is 1. The highest BCUT2D eigenvalue weighted by Gasteiger charge is 2.23. The summed E-state index contributed by atoms with van der Waals surface area (Å²) in [5.74, 6) is 0.214. The summed E-state index contributed by atoms with van der Waals surface area (Å²) in [5.41, 5.74) is 12.8. The molecule has 9 heteroatoms. The molecule has 0 saturated heterocycles. The highest BCUT2D eigenvalue weighted by atomic mass is 32.1. The van der Waals surface area contributed by atoms with Crippen LogP contribution < -0.4 is 22.1 Å². The normalized spacial score (nSPS) is 19.7.